The number of likely N-dealkylation sites (tertiary alicyclic amines) is 1. The van der Waals surface area contributed by atoms with Crippen molar-refractivity contribution in [1.82, 2.24) is 10.2 Å². The van der Waals surface area contributed by atoms with Gasteiger partial charge in [-0.25, -0.2) is 0 Å². The molecule has 2 aliphatic rings. The molecule has 1 saturated heterocycles. The Bertz CT molecular complexity index is 391. The van der Waals surface area contributed by atoms with Crippen LogP contribution < -0.4 is 5.32 Å². The van der Waals surface area contributed by atoms with Crippen LogP contribution in [0.15, 0.2) is 30.3 Å². The summed E-state index contributed by atoms with van der Waals surface area (Å²) in [7, 11) is 0. The van der Waals surface area contributed by atoms with Crippen LogP contribution in [0.5, 0.6) is 0 Å². The molecule has 0 bridgehead atoms. The molecule has 1 N–H and O–H groups in total. The van der Waals surface area contributed by atoms with Crippen molar-refractivity contribution in [1.29, 1.82) is 0 Å². The summed E-state index contributed by atoms with van der Waals surface area (Å²) in [6.45, 7) is 5.34. The van der Waals surface area contributed by atoms with Crippen LogP contribution in [0, 0.1) is 0 Å². The first-order valence-electron chi connectivity index (χ1n) is 8.01. The standard InChI is InChI=1S/C17H26N2O/c1-2-5-15(6-3-1)13-19-11-9-17(14-19)20-12-4-10-18-16-7-8-16/h1-3,5-6,16-18H,4,7-14H2. The summed E-state index contributed by atoms with van der Waals surface area (Å²) in [6.07, 6.45) is 5.52. The van der Waals surface area contributed by atoms with E-state index in [1.165, 1.54) is 31.4 Å². The average molecular weight is 274 g/mol. The molecule has 1 heterocycles. The summed E-state index contributed by atoms with van der Waals surface area (Å²) in [6, 6.07) is 11.5. The number of hydrogen-bond donors (Lipinski definition) is 1. The normalized spacial score (nSPS) is 23.3. The van der Waals surface area contributed by atoms with Crippen molar-refractivity contribution in [2.75, 3.05) is 26.2 Å². The van der Waals surface area contributed by atoms with Crippen LogP contribution in [0.4, 0.5) is 0 Å². The number of nitrogens with one attached hydrogen (secondary N) is 1. The van der Waals surface area contributed by atoms with E-state index in [1.54, 1.807) is 0 Å². The van der Waals surface area contributed by atoms with E-state index in [1.807, 2.05) is 0 Å². The van der Waals surface area contributed by atoms with Crippen molar-refractivity contribution in [2.45, 2.75) is 44.4 Å². The Morgan fingerprint density at radius 1 is 1.15 bits per heavy atom. The summed E-state index contributed by atoms with van der Waals surface area (Å²) in [5.41, 5.74) is 1.40. The Hall–Kier alpha value is -0.900. The molecule has 1 saturated carbocycles. The van der Waals surface area contributed by atoms with Crippen molar-refractivity contribution in [3.63, 3.8) is 0 Å². The molecular formula is C17H26N2O. The van der Waals surface area contributed by atoms with Gasteiger partial charge < -0.3 is 10.1 Å². The summed E-state index contributed by atoms with van der Waals surface area (Å²) in [5.74, 6) is 0. The van der Waals surface area contributed by atoms with E-state index in [-0.39, 0.29) is 0 Å². The summed E-state index contributed by atoms with van der Waals surface area (Å²) in [4.78, 5) is 2.50. The molecule has 3 rings (SSSR count). The molecule has 1 aliphatic heterocycles. The molecule has 110 valence electrons. The van der Waals surface area contributed by atoms with Crippen molar-refractivity contribution < 1.29 is 4.74 Å². The van der Waals surface area contributed by atoms with E-state index in [4.69, 9.17) is 4.74 Å². The van der Waals surface area contributed by atoms with Crippen molar-refractivity contribution in [2.24, 2.45) is 0 Å². The summed E-state index contributed by atoms with van der Waals surface area (Å²) < 4.78 is 5.99. The number of nitrogens with zero attached hydrogens (tertiary/aromatic N) is 1. The van der Waals surface area contributed by atoms with Gasteiger partial charge in [-0.1, -0.05) is 30.3 Å². The molecular weight excluding hydrogens is 248 g/mol. The molecule has 1 unspecified atom stereocenters. The van der Waals surface area contributed by atoms with E-state index in [2.05, 4.69) is 40.5 Å². The molecule has 1 atom stereocenters. The van der Waals surface area contributed by atoms with Crippen LogP contribution in [0.3, 0.4) is 0 Å². The SMILES string of the molecule is c1ccc(CN2CCC(OCCCNC3CC3)C2)cc1. The lowest BCUT2D eigenvalue weighted by atomic mass is 10.2. The van der Waals surface area contributed by atoms with Crippen LogP contribution in [-0.4, -0.2) is 43.3 Å². The molecule has 3 heteroatoms. The fourth-order valence-corrected chi connectivity index (χ4v) is 2.83. The van der Waals surface area contributed by atoms with Crippen molar-refractivity contribution in [3.05, 3.63) is 35.9 Å². The highest BCUT2D eigenvalue weighted by Gasteiger charge is 2.23. The minimum absolute atomic E-state index is 0.444. The second-order valence-electron chi connectivity index (χ2n) is 6.08. The van der Waals surface area contributed by atoms with E-state index in [9.17, 15) is 0 Å². The van der Waals surface area contributed by atoms with E-state index < -0.39 is 0 Å². The highest BCUT2D eigenvalue weighted by molar-refractivity contribution is 5.14. The zero-order valence-electron chi connectivity index (χ0n) is 12.3. The predicted octanol–water partition coefficient (Wildman–Crippen LogP) is 2.42. The fourth-order valence-electron chi connectivity index (χ4n) is 2.83. The molecule has 1 aromatic carbocycles. The molecule has 0 spiro atoms. The second kappa shape index (κ2) is 7.21. The van der Waals surface area contributed by atoms with Gasteiger partial charge in [-0.15, -0.1) is 0 Å². The molecule has 1 aromatic rings. The molecule has 0 amide bonds. The first kappa shape index (κ1) is 14.1. The lowest BCUT2D eigenvalue weighted by Crippen LogP contribution is -2.24. The van der Waals surface area contributed by atoms with Gasteiger partial charge in [0.15, 0.2) is 0 Å². The summed E-state index contributed by atoms with van der Waals surface area (Å²) >= 11 is 0. The van der Waals surface area contributed by atoms with E-state index in [0.717, 1.165) is 38.7 Å². The van der Waals surface area contributed by atoms with Gasteiger partial charge >= 0.3 is 0 Å². The maximum Gasteiger partial charge on any atom is 0.0714 e. The van der Waals surface area contributed by atoms with Gasteiger partial charge in [0.05, 0.1) is 6.10 Å². The van der Waals surface area contributed by atoms with Crippen LogP contribution in [0.1, 0.15) is 31.2 Å². The van der Waals surface area contributed by atoms with Crippen LogP contribution >= 0.6 is 0 Å². The molecule has 2 fully saturated rings. The van der Waals surface area contributed by atoms with Crippen LogP contribution in [0.25, 0.3) is 0 Å². The lowest BCUT2D eigenvalue weighted by molar-refractivity contribution is 0.0570. The van der Waals surface area contributed by atoms with Crippen molar-refractivity contribution in [3.8, 4) is 0 Å². The van der Waals surface area contributed by atoms with Gasteiger partial charge in [-0.2, -0.15) is 0 Å². The van der Waals surface area contributed by atoms with Gasteiger partial charge in [-0.3, -0.25) is 4.90 Å². The smallest absolute Gasteiger partial charge is 0.0714 e. The molecule has 1 aliphatic carbocycles. The fraction of sp³-hybridized carbons (Fsp3) is 0.647. The van der Waals surface area contributed by atoms with Gasteiger partial charge in [0.25, 0.3) is 0 Å². The monoisotopic (exact) mass is 274 g/mol. The Labute approximate surface area is 122 Å². The Kier molecular flexibility index (Phi) is 5.06. The third-order valence-corrected chi connectivity index (χ3v) is 4.16. The predicted molar refractivity (Wildman–Crippen MR) is 81.7 cm³/mol. The maximum absolute atomic E-state index is 5.99. The highest BCUT2D eigenvalue weighted by atomic mass is 16.5. The molecule has 20 heavy (non-hydrogen) atoms. The first-order valence-corrected chi connectivity index (χ1v) is 8.01. The van der Waals surface area contributed by atoms with E-state index >= 15 is 0 Å². The molecule has 0 radical (unpaired) electrons. The van der Waals surface area contributed by atoms with Gasteiger partial charge in [-0.05, 0) is 37.8 Å². The molecule has 0 aromatic heterocycles. The average Bonchev–Trinajstić information content (AvgIpc) is 3.19. The Morgan fingerprint density at radius 2 is 2.00 bits per heavy atom. The number of hydrogen-bond acceptors (Lipinski definition) is 3. The largest absolute Gasteiger partial charge is 0.377 e. The quantitative estimate of drug-likeness (QED) is 0.737. The number of ether oxygens (including phenoxy) is 1. The van der Waals surface area contributed by atoms with Gasteiger partial charge in [0, 0.05) is 32.3 Å². The number of rotatable bonds is 8. The maximum atomic E-state index is 5.99. The number of benzene rings is 1. The molecule has 3 nitrogen and oxygen atoms in total. The van der Waals surface area contributed by atoms with Gasteiger partial charge in [0.1, 0.15) is 0 Å². The Morgan fingerprint density at radius 3 is 2.80 bits per heavy atom. The zero-order chi connectivity index (χ0) is 13.6. The Balaban J connectivity index is 1.28. The zero-order valence-corrected chi connectivity index (χ0v) is 12.3. The van der Waals surface area contributed by atoms with Crippen LogP contribution in [-0.2, 0) is 11.3 Å². The van der Waals surface area contributed by atoms with Gasteiger partial charge in [0.2, 0.25) is 0 Å². The third kappa shape index (κ3) is 4.58. The lowest BCUT2D eigenvalue weighted by Gasteiger charge is -2.16. The topological polar surface area (TPSA) is 24.5 Å². The minimum Gasteiger partial charge on any atom is -0.377 e. The first-order chi connectivity index (χ1) is 9.90. The third-order valence-electron chi connectivity index (χ3n) is 4.16. The van der Waals surface area contributed by atoms with E-state index in [0.29, 0.717) is 6.10 Å². The van der Waals surface area contributed by atoms with Crippen LogP contribution in [0.2, 0.25) is 0 Å². The van der Waals surface area contributed by atoms with Crippen molar-refractivity contribution >= 4 is 0 Å². The second-order valence-corrected chi connectivity index (χ2v) is 6.08. The minimum atomic E-state index is 0.444. The summed E-state index contributed by atoms with van der Waals surface area (Å²) in [5, 5.41) is 3.53. The highest BCUT2D eigenvalue weighted by Crippen LogP contribution is 2.18.